The zero-order valence-electron chi connectivity index (χ0n) is 24.4. The Labute approximate surface area is 250 Å². The molecule has 10 heteroatoms. The van der Waals surface area contributed by atoms with E-state index in [1.807, 2.05) is 53.6 Å². The maximum atomic E-state index is 12.6. The quantitative estimate of drug-likeness (QED) is 0.252. The Morgan fingerprint density at radius 1 is 0.953 bits per heavy atom. The topological polar surface area (TPSA) is 116 Å². The lowest BCUT2D eigenvalue weighted by molar-refractivity contribution is -0.136. The minimum atomic E-state index is -0.184. The Bertz CT molecular complexity index is 1730. The standard InChI is InChI=1S/C33H34N6O4/c1-21-15-29(39(18-21)31(41)20-43-3)33-35-25-13-10-23(16-26(25)36-33)7-6-22-8-11-24(12-9-22)27-17-34-32(37-27)28-5-4-14-38(28)30(40)19-42-2/h8-13,16-17,28-29H,1,4-5,14-15,18-20H2,2-3H3,(H,34,37)(H,35,36)/t28-,29-/m0/s1. The number of amides is 2. The second-order valence-corrected chi connectivity index (χ2v) is 11.0. The van der Waals surface area contributed by atoms with Gasteiger partial charge >= 0.3 is 0 Å². The van der Waals surface area contributed by atoms with Gasteiger partial charge in [-0.05, 0) is 55.2 Å². The molecular weight excluding hydrogens is 544 g/mol. The van der Waals surface area contributed by atoms with Crippen molar-refractivity contribution in [2.75, 3.05) is 40.5 Å². The maximum Gasteiger partial charge on any atom is 0.249 e. The lowest BCUT2D eigenvalue weighted by Crippen LogP contribution is -2.33. The molecule has 2 amide bonds. The molecule has 10 nitrogen and oxygen atoms in total. The summed E-state index contributed by atoms with van der Waals surface area (Å²) in [7, 11) is 3.05. The Hall–Kier alpha value is -4.72. The molecule has 220 valence electrons. The Morgan fingerprint density at radius 3 is 2.44 bits per heavy atom. The molecule has 0 saturated carbocycles. The summed E-state index contributed by atoms with van der Waals surface area (Å²) in [5.41, 5.74) is 6.33. The molecule has 4 heterocycles. The lowest BCUT2D eigenvalue weighted by Gasteiger charge is -2.22. The van der Waals surface area contributed by atoms with Crippen molar-refractivity contribution in [3.8, 4) is 23.1 Å². The van der Waals surface area contributed by atoms with Crippen LogP contribution in [0.15, 0.2) is 60.8 Å². The first-order valence-corrected chi connectivity index (χ1v) is 14.3. The number of fused-ring (bicyclic) bond motifs is 1. The number of carbonyl (C=O) groups is 2. The highest BCUT2D eigenvalue weighted by Crippen LogP contribution is 2.34. The summed E-state index contributed by atoms with van der Waals surface area (Å²) in [6.07, 6.45) is 4.31. The smallest absolute Gasteiger partial charge is 0.249 e. The number of hydrogen-bond acceptors (Lipinski definition) is 6. The molecule has 2 aromatic carbocycles. The van der Waals surface area contributed by atoms with Gasteiger partial charge in [0.2, 0.25) is 11.8 Å². The van der Waals surface area contributed by atoms with Gasteiger partial charge in [0, 0.05) is 38.4 Å². The molecule has 2 aliphatic rings. The third-order valence-corrected chi connectivity index (χ3v) is 7.96. The fraction of sp³-hybridized carbons (Fsp3) is 0.333. The highest BCUT2D eigenvalue weighted by atomic mass is 16.5. The number of H-pyrrole nitrogens is 2. The van der Waals surface area contributed by atoms with E-state index in [1.165, 1.54) is 14.2 Å². The highest BCUT2D eigenvalue weighted by Gasteiger charge is 2.34. The summed E-state index contributed by atoms with van der Waals surface area (Å²) < 4.78 is 10.1. The van der Waals surface area contributed by atoms with Crippen molar-refractivity contribution < 1.29 is 19.1 Å². The molecule has 0 spiro atoms. The largest absolute Gasteiger partial charge is 0.375 e. The van der Waals surface area contributed by atoms with Crippen LogP contribution in [0.3, 0.4) is 0 Å². The summed E-state index contributed by atoms with van der Waals surface area (Å²) in [5, 5.41) is 0. The number of nitrogens with one attached hydrogen (secondary N) is 2. The van der Waals surface area contributed by atoms with Gasteiger partial charge in [-0.25, -0.2) is 9.97 Å². The average Bonchev–Trinajstić information content (AvgIpc) is 3.81. The van der Waals surface area contributed by atoms with E-state index < -0.39 is 0 Å². The number of aromatic amines is 2. The molecular formula is C33H34N6O4. The number of carbonyl (C=O) groups excluding carboxylic acids is 2. The van der Waals surface area contributed by atoms with Gasteiger partial charge in [0.25, 0.3) is 0 Å². The predicted molar refractivity (Wildman–Crippen MR) is 162 cm³/mol. The van der Waals surface area contributed by atoms with Crippen LogP contribution in [0, 0.1) is 11.8 Å². The van der Waals surface area contributed by atoms with Crippen LogP contribution in [0.2, 0.25) is 0 Å². The van der Waals surface area contributed by atoms with Crippen LogP contribution >= 0.6 is 0 Å². The zero-order chi connectivity index (χ0) is 29.9. The normalized spacial score (nSPS) is 18.3. The molecule has 0 radical (unpaired) electrons. The number of hydrogen-bond donors (Lipinski definition) is 2. The van der Waals surface area contributed by atoms with Crippen LogP contribution < -0.4 is 0 Å². The Kier molecular flexibility index (Phi) is 8.09. The van der Waals surface area contributed by atoms with Gasteiger partial charge in [-0.1, -0.05) is 36.1 Å². The molecule has 2 atom stereocenters. The number of benzene rings is 2. The molecule has 0 aliphatic carbocycles. The first-order chi connectivity index (χ1) is 20.9. The monoisotopic (exact) mass is 578 g/mol. The van der Waals surface area contributed by atoms with Crippen LogP contribution in [-0.4, -0.2) is 82.1 Å². The molecule has 2 N–H and O–H groups in total. The van der Waals surface area contributed by atoms with E-state index in [0.29, 0.717) is 13.0 Å². The second-order valence-electron chi connectivity index (χ2n) is 11.0. The number of ether oxygens (including phenoxy) is 2. The van der Waals surface area contributed by atoms with E-state index in [4.69, 9.17) is 14.5 Å². The van der Waals surface area contributed by atoms with Crippen molar-refractivity contribution in [1.82, 2.24) is 29.7 Å². The van der Waals surface area contributed by atoms with Crippen LogP contribution in [0.1, 0.15) is 54.1 Å². The minimum Gasteiger partial charge on any atom is -0.375 e. The molecule has 43 heavy (non-hydrogen) atoms. The van der Waals surface area contributed by atoms with E-state index in [1.54, 1.807) is 4.90 Å². The van der Waals surface area contributed by atoms with E-state index in [9.17, 15) is 9.59 Å². The average molecular weight is 579 g/mol. The van der Waals surface area contributed by atoms with E-state index in [2.05, 4.69) is 33.4 Å². The van der Waals surface area contributed by atoms with Crippen molar-refractivity contribution >= 4 is 22.8 Å². The molecule has 2 aromatic heterocycles. The summed E-state index contributed by atoms with van der Waals surface area (Å²) >= 11 is 0. The van der Waals surface area contributed by atoms with Crippen molar-refractivity contribution in [3.63, 3.8) is 0 Å². The number of methoxy groups -OCH3 is 2. The third-order valence-electron chi connectivity index (χ3n) is 7.96. The number of rotatable bonds is 7. The molecule has 0 bridgehead atoms. The van der Waals surface area contributed by atoms with E-state index >= 15 is 0 Å². The highest BCUT2D eigenvalue weighted by molar-refractivity contribution is 5.80. The predicted octanol–water partition coefficient (Wildman–Crippen LogP) is 4.14. The van der Waals surface area contributed by atoms with Gasteiger partial charge in [-0.15, -0.1) is 0 Å². The molecule has 4 aromatic rings. The van der Waals surface area contributed by atoms with E-state index in [-0.39, 0.29) is 37.1 Å². The summed E-state index contributed by atoms with van der Waals surface area (Å²) in [4.78, 5) is 44.7. The number of aromatic nitrogens is 4. The van der Waals surface area contributed by atoms with Gasteiger partial charge in [0.05, 0.1) is 35.0 Å². The summed E-state index contributed by atoms with van der Waals surface area (Å²) in [6, 6.07) is 13.6. The zero-order valence-corrected chi connectivity index (χ0v) is 24.4. The molecule has 0 unspecified atom stereocenters. The minimum absolute atomic E-state index is 0.0147. The van der Waals surface area contributed by atoms with Gasteiger partial charge in [0.1, 0.15) is 24.9 Å². The fourth-order valence-electron chi connectivity index (χ4n) is 5.86. The lowest BCUT2D eigenvalue weighted by atomic mass is 10.1. The number of likely N-dealkylation sites (tertiary alicyclic amines) is 2. The fourth-order valence-corrected chi connectivity index (χ4v) is 5.86. The maximum absolute atomic E-state index is 12.6. The molecule has 2 saturated heterocycles. The van der Waals surface area contributed by atoms with Crippen molar-refractivity contribution in [2.45, 2.75) is 31.3 Å². The first-order valence-electron chi connectivity index (χ1n) is 14.3. The first kappa shape index (κ1) is 28.4. The van der Waals surface area contributed by atoms with Gasteiger partial charge < -0.3 is 29.2 Å². The van der Waals surface area contributed by atoms with Crippen LogP contribution in [-0.2, 0) is 19.1 Å². The molecule has 6 rings (SSSR count). The Balaban J connectivity index is 1.15. The van der Waals surface area contributed by atoms with Gasteiger partial charge in [-0.2, -0.15) is 0 Å². The van der Waals surface area contributed by atoms with Gasteiger partial charge in [-0.3, -0.25) is 9.59 Å². The van der Waals surface area contributed by atoms with Crippen molar-refractivity contribution in [3.05, 3.63) is 83.6 Å². The summed E-state index contributed by atoms with van der Waals surface area (Å²) in [5.74, 6) is 7.94. The van der Waals surface area contributed by atoms with Crippen molar-refractivity contribution in [1.29, 1.82) is 0 Å². The van der Waals surface area contributed by atoms with Gasteiger partial charge in [0.15, 0.2) is 0 Å². The van der Waals surface area contributed by atoms with Crippen molar-refractivity contribution in [2.24, 2.45) is 0 Å². The molecule has 2 fully saturated rings. The van der Waals surface area contributed by atoms with Crippen LogP contribution in [0.4, 0.5) is 0 Å². The van der Waals surface area contributed by atoms with Crippen LogP contribution in [0.25, 0.3) is 22.3 Å². The Morgan fingerprint density at radius 2 is 1.67 bits per heavy atom. The van der Waals surface area contributed by atoms with E-state index in [0.717, 1.165) is 70.0 Å². The number of nitrogens with zero attached hydrogens (tertiary/aromatic N) is 4. The summed E-state index contributed by atoms with van der Waals surface area (Å²) in [6.45, 7) is 5.42. The SMILES string of the molecule is C=C1C[C@@H](c2nc3ccc(C#Cc4ccc(-c5cnc([C@@H]6CCCN6C(=O)COC)[nH]5)cc4)cc3[nH]2)N(C(=O)COC)C1. The molecule has 2 aliphatic heterocycles. The number of imidazole rings is 2. The third kappa shape index (κ3) is 5.95. The van der Waals surface area contributed by atoms with Crippen LogP contribution in [0.5, 0.6) is 0 Å². The second kappa shape index (κ2) is 12.3.